The van der Waals surface area contributed by atoms with Gasteiger partial charge in [-0.3, -0.25) is 4.79 Å². The Morgan fingerprint density at radius 1 is 1.09 bits per heavy atom. The van der Waals surface area contributed by atoms with E-state index in [0.29, 0.717) is 32.0 Å². The molecule has 0 unspecified atom stereocenters. The number of aliphatic hydroxyl groups excluding tert-OH is 1. The van der Waals surface area contributed by atoms with Gasteiger partial charge in [0.1, 0.15) is 11.6 Å². The molecule has 3 rings (SSSR count). The van der Waals surface area contributed by atoms with Gasteiger partial charge >= 0.3 is 0 Å². The van der Waals surface area contributed by atoms with Gasteiger partial charge in [0.2, 0.25) is 5.91 Å². The molecule has 1 fully saturated rings. The second-order valence-corrected chi connectivity index (χ2v) is 9.41. The van der Waals surface area contributed by atoms with Crippen LogP contribution in [0.4, 0.5) is 4.39 Å². The molecule has 33 heavy (non-hydrogen) atoms. The summed E-state index contributed by atoms with van der Waals surface area (Å²) >= 11 is 0. The van der Waals surface area contributed by atoms with Gasteiger partial charge in [-0.15, -0.1) is 0 Å². The maximum absolute atomic E-state index is 13.4. The first-order chi connectivity index (χ1) is 15.9. The zero-order chi connectivity index (χ0) is 23.6. The van der Waals surface area contributed by atoms with Crippen LogP contribution < -0.4 is 10.1 Å². The molecule has 180 valence electrons. The molecule has 1 aliphatic heterocycles. The average molecular weight is 457 g/mol. The van der Waals surface area contributed by atoms with Gasteiger partial charge in [-0.2, -0.15) is 0 Å². The number of carbonyl (C=O) groups is 1. The standard InChI is InChI=1S/C27H37FN2O3/c1-20(2)19-33-25-9-5-22(6-10-25)18-29-27(32)26(17-21-3-7-24(28)8-4-21)23-11-13-30(14-12-23)15-16-31/h3-10,20,23,26,31H,11-19H2,1-2H3,(H,29,32)/t26-/m1/s1. The first kappa shape index (κ1) is 25.2. The van der Waals surface area contributed by atoms with E-state index in [2.05, 4.69) is 24.1 Å². The van der Waals surface area contributed by atoms with Crippen molar-refractivity contribution in [2.24, 2.45) is 17.8 Å². The normalized spacial score (nSPS) is 16.0. The van der Waals surface area contributed by atoms with E-state index < -0.39 is 0 Å². The van der Waals surface area contributed by atoms with Crippen LogP contribution in [0.2, 0.25) is 0 Å². The maximum Gasteiger partial charge on any atom is 0.223 e. The highest BCUT2D eigenvalue weighted by molar-refractivity contribution is 5.79. The number of carbonyl (C=O) groups excluding carboxylic acids is 1. The second kappa shape index (κ2) is 12.7. The van der Waals surface area contributed by atoms with Crippen molar-refractivity contribution in [3.05, 3.63) is 65.5 Å². The van der Waals surface area contributed by atoms with Gasteiger partial charge in [-0.05, 0) is 79.6 Å². The lowest BCUT2D eigenvalue weighted by Gasteiger charge is -2.35. The molecule has 0 saturated carbocycles. The molecule has 0 radical (unpaired) electrons. The van der Waals surface area contributed by atoms with Crippen molar-refractivity contribution in [1.82, 2.24) is 10.2 Å². The van der Waals surface area contributed by atoms with Gasteiger partial charge in [0, 0.05) is 19.0 Å². The molecule has 0 spiro atoms. The van der Waals surface area contributed by atoms with Gasteiger partial charge in [0.05, 0.1) is 13.2 Å². The van der Waals surface area contributed by atoms with Crippen molar-refractivity contribution < 1.29 is 19.0 Å². The predicted octanol–water partition coefficient (Wildman–Crippen LogP) is 4.04. The average Bonchev–Trinajstić information content (AvgIpc) is 2.82. The van der Waals surface area contributed by atoms with E-state index in [9.17, 15) is 14.3 Å². The van der Waals surface area contributed by atoms with Gasteiger partial charge in [0.15, 0.2) is 0 Å². The molecule has 1 saturated heterocycles. The Balaban J connectivity index is 1.61. The third-order valence-electron chi connectivity index (χ3n) is 6.30. The van der Waals surface area contributed by atoms with Gasteiger partial charge < -0.3 is 20.1 Å². The summed E-state index contributed by atoms with van der Waals surface area (Å²) in [7, 11) is 0. The number of nitrogens with one attached hydrogen (secondary N) is 1. The lowest BCUT2D eigenvalue weighted by atomic mass is 9.80. The van der Waals surface area contributed by atoms with E-state index in [1.165, 1.54) is 12.1 Å². The highest BCUT2D eigenvalue weighted by Gasteiger charge is 2.31. The van der Waals surface area contributed by atoms with Crippen LogP contribution >= 0.6 is 0 Å². The Hall–Kier alpha value is -2.44. The van der Waals surface area contributed by atoms with Crippen LogP contribution in [-0.4, -0.2) is 48.8 Å². The van der Waals surface area contributed by atoms with Gasteiger partial charge in [0.25, 0.3) is 0 Å². The third-order valence-corrected chi connectivity index (χ3v) is 6.30. The number of ether oxygens (including phenoxy) is 1. The Morgan fingerprint density at radius 2 is 1.73 bits per heavy atom. The van der Waals surface area contributed by atoms with Crippen LogP contribution in [0.3, 0.4) is 0 Å². The highest BCUT2D eigenvalue weighted by atomic mass is 19.1. The zero-order valence-corrected chi connectivity index (χ0v) is 19.8. The van der Waals surface area contributed by atoms with E-state index in [1.54, 1.807) is 12.1 Å². The van der Waals surface area contributed by atoms with Crippen molar-refractivity contribution in [3.8, 4) is 5.75 Å². The molecule has 5 nitrogen and oxygen atoms in total. The van der Waals surface area contributed by atoms with Crippen LogP contribution in [0.15, 0.2) is 48.5 Å². The van der Waals surface area contributed by atoms with Crippen molar-refractivity contribution in [2.45, 2.75) is 39.7 Å². The van der Waals surface area contributed by atoms with Crippen molar-refractivity contribution >= 4 is 5.91 Å². The zero-order valence-electron chi connectivity index (χ0n) is 19.8. The van der Waals surface area contributed by atoms with Crippen molar-refractivity contribution in [1.29, 1.82) is 0 Å². The topological polar surface area (TPSA) is 61.8 Å². The third kappa shape index (κ3) is 8.13. The minimum absolute atomic E-state index is 0.0417. The molecule has 6 heteroatoms. The fraction of sp³-hybridized carbons (Fsp3) is 0.519. The van der Waals surface area contributed by atoms with Crippen molar-refractivity contribution in [3.63, 3.8) is 0 Å². The summed E-state index contributed by atoms with van der Waals surface area (Å²) in [6.45, 7) is 7.98. The second-order valence-electron chi connectivity index (χ2n) is 9.41. The summed E-state index contributed by atoms with van der Waals surface area (Å²) < 4.78 is 19.1. The molecular weight excluding hydrogens is 419 g/mol. The molecule has 0 aliphatic carbocycles. The highest BCUT2D eigenvalue weighted by Crippen LogP contribution is 2.28. The molecule has 2 aromatic carbocycles. The lowest BCUT2D eigenvalue weighted by molar-refractivity contribution is -0.127. The Bertz CT molecular complexity index is 847. The Kier molecular flexibility index (Phi) is 9.70. The largest absolute Gasteiger partial charge is 0.493 e. The number of piperidine rings is 1. The number of hydrogen-bond donors (Lipinski definition) is 2. The summed E-state index contributed by atoms with van der Waals surface area (Å²) in [6.07, 6.45) is 2.43. The number of likely N-dealkylation sites (tertiary alicyclic amines) is 1. The monoisotopic (exact) mass is 456 g/mol. The number of rotatable bonds is 11. The number of β-amino-alcohol motifs (C(OH)–C–C–N with tert-alkyl or cyclic N) is 1. The first-order valence-electron chi connectivity index (χ1n) is 12.0. The van der Waals surface area contributed by atoms with Crippen LogP contribution in [0, 0.1) is 23.6 Å². The summed E-state index contributed by atoms with van der Waals surface area (Å²) in [4.78, 5) is 15.5. The summed E-state index contributed by atoms with van der Waals surface area (Å²) in [5, 5.41) is 12.3. The van der Waals surface area contributed by atoms with E-state index in [-0.39, 0.29) is 30.2 Å². The molecule has 0 aromatic heterocycles. The smallest absolute Gasteiger partial charge is 0.223 e. The SMILES string of the molecule is CC(C)COc1ccc(CNC(=O)[C@H](Cc2ccc(F)cc2)C2CCN(CCO)CC2)cc1. The molecule has 1 aliphatic rings. The van der Waals surface area contributed by atoms with Crippen LogP contribution in [0.5, 0.6) is 5.75 Å². The van der Waals surface area contributed by atoms with Crippen LogP contribution in [0.25, 0.3) is 0 Å². The number of benzene rings is 2. The number of nitrogens with zero attached hydrogens (tertiary/aromatic N) is 1. The lowest BCUT2D eigenvalue weighted by Crippen LogP contribution is -2.42. The van der Waals surface area contributed by atoms with Gasteiger partial charge in [-0.25, -0.2) is 4.39 Å². The Morgan fingerprint density at radius 3 is 2.33 bits per heavy atom. The Labute approximate surface area is 197 Å². The summed E-state index contributed by atoms with van der Waals surface area (Å²) in [6, 6.07) is 14.3. The quantitative estimate of drug-likeness (QED) is 0.536. The number of aliphatic hydroxyl groups is 1. The van der Waals surface area contributed by atoms with E-state index in [1.807, 2.05) is 24.3 Å². The first-order valence-corrected chi connectivity index (χ1v) is 12.0. The molecule has 2 N–H and O–H groups in total. The molecule has 1 heterocycles. The maximum atomic E-state index is 13.4. The van der Waals surface area contributed by atoms with Gasteiger partial charge in [-0.1, -0.05) is 38.1 Å². The summed E-state index contributed by atoms with van der Waals surface area (Å²) in [5.41, 5.74) is 2.00. The van der Waals surface area contributed by atoms with E-state index in [4.69, 9.17) is 4.74 Å². The molecular formula is C27H37FN2O3. The van der Waals surface area contributed by atoms with E-state index >= 15 is 0 Å². The molecule has 0 bridgehead atoms. The molecule has 2 aromatic rings. The number of amides is 1. The minimum atomic E-state index is -0.266. The van der Waals surface area contributed by atoms with Crippen molar-refractivity contribution in [2.75, 3.05) is 32.8 Å². The molecule has 1 amide bonds. The van der Waals surface area contributed by atoms with Crippen LogP contribution in [0.1, 0.15) is 37.8 Å². The fourth-order valence-corrected chi connectivity index (χ4v) is 4.35. The number of halogens is 1. The minimum Gasteiger partial charge on any atom is -0.493 e. The number of hydrogen-bond acceptors (Lipinski definition) is 4. The van der Waals surface area contributed by atoms with Crippen LogP contribution in [-0.2, 0) is 17.8 Å². The molecule has 1 atom stereocenters. The fourth-order valence-electron chi connectivity index (χ4n) is 4.35. The summed E-state index contributed by atoms with van der Waals surface area (Å²) in [5.74, 6) is 1.18. The van der Waals surface area contributed by atoms with E-state index in [0.717, 1.165) is 42.8 Å². The predicted molar refractivity (Wildman–Crippen MR) is 128 cm³/mol.